The van der Waals surface area contributed by atoms with Gasteiger partial charge in [0, 0.05) is 23.5 Å². The maximum Gasteiger partial charge on any atom is 0.273 e. The molecule has 1 aromatic heterocycles. The van der Waals surface area contributed by atoms with Gasteiger partial charge in [0.15, 0.2) is 0 Å². The highest BCUT2D eigenvalue weighted by atomic mass is 32.1. The highest BCUT2D eigenvalue weighted by Gasteiger charge is 2.36. The van der Waals surface area contributed by atoms with Crippen molar-refractivity contribution < 1.29 is 4.79 Å². The maximum atomic E-state index is 12.9. The van der Waals surface area contributed by atoms with E-state index < -0.39 is 0 Å². The number of likely N-dealkylation sites (tertiary alicyclic amines) is 1. The SMILES string of the molecule is O=C(c1csc(C2=CCC=C2)n1)N1CCCC2CCCCC21. The molecule has 1 aliphatic heterocycles. The van der Waals surface area contributed by atoms with E-state index in [-0.39, 0.29) is 5.91 Å². The van der Waals surface area contributed by atoms with E-state index in [9.17, 15) is 4.79 Å². The third-order valence-corrected chi connectivity index (χ3v) is 6.14. The molecule has 2 heterocycles. The molecule has 0 aromatic carbocycles. The minimum Gasteiger partial charge on any atom is -0.334 e. The van der Waals surface area contributed by atoms with Crippen LogP contribution >= 0.6 is 11.3 Å². The zero-order valence-electron chi connectivity index (χ0n) is 12.8. The molecule has 2 fully saturated rings. The average molecular weight is 314 g/mol. The first-order valence-corrected chi connectivity index (χ1v) is 9.34. The molecule has 116 valence electrons. The molecule has 4 rings (SSSR count). The second-order valence-electron chi connectivity index (χ2n) is 6.59. The summed E-state index contributed by atoms with van der Waals surface area (Å²) in [5.74, 6) is 0.881. The number of thiazole rings is 1. The third kappa shape index (κ3) is 2.54. The number of aromatic nitrogens is 1. The second-order valence-corrected chi connectivity index (χ2v) is 7.45. The molecule has 0 bridgehead atoms. The van der Waals surface area contributed by atoms with Gasteiger partial charge in [-0.25, -0.2) is 4.98 Å². The molecule has 1 saturated carbocycles. The largest absolute Gasteiger partial charge is 0.334 e. The summed E-state index contributed by atoms with van der Waals surface area (Å²) >= 11 is 1.59. The highest BCUT2D eigenvalue weighted by molar-refractivity contribution is 7.11. The van der Waals surface area contributed by atoms with E-state index in [1.54, 1.807) is 11.3 Å². The Morgan fingerprint density at radius 1 is 1.23 bits per heavy atom. The number of fused-ring (bicyclic) bond motifs is 1. The average Bonchev–Trinajstić information content (AvgIpc) is 3.24. The molecule has 0 spiro atoms. The topological polar surface area (TPSA) is 33.2 Å². The van der Waals surface area contributed by atoms with E-state index in [4.69, 9.17) is 0 Å². The van der Waals surface area contributed by atoms with Crippen molar-refractivity contribution in [1.82, 2.24) is 9.88 Å². The first-order chi connectivity index (χ1) is 10.8. The van der Waals surface area contributed by atoms with Gasteiger partial charge in [0.2, 0.25) is 0 Å². The lowest BCUT2D eigenvalue weighted by atomic mass is 9.78. The van der Waals surface area contributed by atoms with Gasteiger partial charge in [-0.05, 0) is 38.0 Å². The lowest BCUT2D eigenvalue weighted by Gasteiger charge is -2.43. The molecular weight excluding hydrogens is 292 g/mol. The predicted octanol–water partition coefficient (Wildman–Crippen LogP) is 4.28. The van der Waals surface area contributed by atoms with E-state index in [0.29, 0.717) is 11.7 Å². The summed E-state index contributed by atoms with van der Waals surface area (Å²) in [5, 5.41) is 2.92. The van der Waals surface area contributed by atoms with Gasteiger partial charge in [0.25, 0.3) is 5.91 Å². The molecule has 3 nitrogen and oxygen atoms in total. The second kappa shape index (κ2) is 5.99. The zero-order valence-corrected chi connectivity index (χ0v) is 13.6. The molecule has 1 aromatic rings. The van der Waals surface area contributed by atoms with E-state index >= 15 is 0 Å². The van der Waals surface area contributed by atoms with Crippen LogP contribution < -0.4 is 0 Å². The predicted molar refractivity (Wildman–Crippen MR) is 89.9 cm³/mol. The quantitative estimate of drug-likeness (QED) is 0.816. The van der Waals surface area contributed by atoms with Crippen molar-refractivity contribution in [2.45, 2.75) is 51.0 Å². The molecule has 4 heteroatoms. The minimum atomic E-state index is 0.154. The maximum absolute atomic E-state index is 12.9. The summed E-state index contributed by atoms with van der Waals surface area (Å²) in [6, 6.07) is 0.464. The smallest absolute Gasteiger partial charge is 0.273 e. The molecule has 2 atom stereocenters. The summed E-state index contributed by atoms with van der Waals surface area (Å²) in [6.07, 6.45) is 14.9. The summed E-state index contributed by atoms with van der Waals surface area (Å²) in [6.45, 7) is 0.912. The van der Waals surface area contributed by atoms with Gasteiger partial charge in [-0.1, -0.05) is 31.1 Å². The van der Waals surface area contributed by atoms with Gasteiger partial charge in [-0.15, -0.1) is 11.3 Å². The minimum absolute atomic E-state index is 0.154. The fourth-order valence-electron chi connectivity index (χ4n) is 4.15. The van der Waals surface area contributed by atoms with Crippen LogP contribution in [0, 0.1) is 5.92 Å². The number of amides is 1. The summed E-state index contributed by atoms with van der Waals surface area (Å²) in [4.78, 5) is 19.7. The van der Waals surface area contributed by atoms with Crippen molar-refractivity contribution >= 4 is 22.8 Å². The van der Waals surface area contributed by atoms with E-state index in [1.807, 2.05) is 5.38 Å². The van der Waals surface area contributed by atoms with Crippen molar-refractivity contribution in [2.75, 3.05) is 6.54 Å². The Bertz CT molecular complexity index is 629. The first-order valence-electron chi connectivity index (χ1n) is 8.46. The molecule has 0 N–H and O–H groups in total. The molecule has 0 radical (unpaired) electrons. The number of hydrogen-bond donors (Lipinski definition) is 0. The number of carbonyl (C=O) groups excluding carboxylic acids is 1. The first kappa shape index (κ1) is 14.2. The van der Waals surface area contributed by atoms with Gasteiger partial charge >= 0.3 is 0 Å². The Labute approximate surface area is 135 Å². The van der Waals surface area contributed by atoms with Crippen LogP contribution in [0.5, 0.6) is 0 Å². The number of allylic oxidation sites excluding steroid dienone is 4. The summed E-state index contributed by atoms with van der Waals surface area (Å²) < 4.78 is 0. The van der Waals surface area contributed by atoms with Gasteiger partial charge in [0.1, 0.15) is 10.7 Å². The van der Waals surface area contributed by atoms with Crippen molar-refractivity contribution in [3.05, 3.63) is 34.3 Å². The van der Waals surface area contributed by atoms with Crippen LogP contribution in [0.15, 0.2) is 23.6 Å². The Kier molecular flexibility index (Phi) is 3.87. The Hall–Kier alpha value is -1.42. The number of hydrogen-bond acceptors (Lipinski definition) is 3. The zero-order chi connectivity index (χ0) is 14.9. The molecule has 22 heavy (non-hydrogen) atoms. The number of piperidine rings is 1. The monoisotopic (exact) mass is 314 g/mol. The van der Waals surface area contributed by atoms with Crippen LogP contribution in [0.3, 0.4) is 0 Å². The van der Waals surface area contributed by atoms with Gasteiger partial charge in [-0.3, -0.25) is 4.79 Å². The van der Waals surface area contributed by atoms with Crippen LogP contribution in [0.4, 0.5) is 0 Å². The fraction of sp³-hybridized carbons (Fsp3) is 0.556. The third-order valence-electron chi connectivity index (χ3n) is 5.25. The van der Waals surface area contributed by atoms with Gasteiger partial charge < -0.3 is 4.90 Å². The number of rotatable bonds is 2. The fourth-order valence-corrected chi connectivity index (χ4v) is 4.96. The standard InChI is InChI=1S/C18H22N2OS/c21-18(15-12-22-17(19-15)14-7-1-2-8-14)20-11-5-9-13-6-3-4-10-16(13)20/h1,7-8,12-13,16H,2-6,9-11H2. The highest BCUT2D eigenvalue weighted by Crippen LogP contribution is 2.36. The summed E-state index contributed by atoms with van der Waals surface area (Å²) in [7, 11) is 0. The Morgan fingerprint density at radius 3 is 2.95 bits per heavy atom. The summed E-state index contributed by atoms with van der Waals surface area (Å²) in [5.41, 5.74) is 1.81. The molecule has 1 saturated heterocycles. The van der Waals surface area contributed by atoms with Crippen LogP contribution in [0.1, 0.15) is 60.4 Å². The van der Waals surface area contributed by atoms with Crippen LogP contribution in [0.25, 0.3) is 5.57 Å². The van der Waals surface area contributed by atoms with Gasteiger partial charge in [-0.2, -0.15) is 0 Å². The Morgan fingerprint density at radius 2 is 2.09 bits per heavy atom. The Balaban J connectivity index is 1.54. The van der Waals surface area contributed by atoms with E-state index in [2.05, 4.69) is 28.1 Å². The number of nitrogens with zero attached hydrogens (tertiary/aromatic N) is 2. The van der Waals surface area contributed by atoms with Crippen LogP contribution in [0.2, 0.25) is 0 Å². The molecule has 3 aliphatic rings. The van der Waals surface area contributed by atoms with Crippen LogP contribution in [-0.4, -0.2) is 28.4 Å². The van der Waals surface area contributed by atoms with Crippen molar-refractivity contribution in [2.24, 2.45) is 5.92 Å². The van der Waals surface area contributed by atoms with Crippen molar-refractivity contribution in [3.8, 4) is 0 Å². The van der Waals surface area contributed by atoms with Crippen LogP contribution in [-0.2, 0) is 0 Å². The van der Waals surface area contributed by atoms with E-state index in [0.717, 1.165) is 30.3 Å². The normalized spacial score (nSPS) is 27.6. The molecule has 2 unspecified atom stereocenters. The number of carbonyl (C=O) groups is 1. The van der Waals surface area contributed by atoms with Crippen molar-refractivity contribution in [1.29, 1.82) is 0 Å². The lowest BCUT2D eigenvalue weighted by Crippen LogP contribution is -2.49. The van der Waals surface area contributed by atoms with Crippen molar-refractivity contribution in [3.63, 3.8) is 0 Å². The van der Waals surface area contributed by atoms with E-state index in [1.165, 1.54) is 37.7 Å². The molecule has 1 amide bonds. The molecular formula is C18H22N2OS. The lowest BCUT2D eigenvalue weighted by molar-refractivity contribution is 0.0386. The van der Waals surface area contributed by atoms with Gasteiger partial charge in [0.05, 0.1) is 0 Å². The molecule has 2 aliphatic carbocycles.